The molecule has 4 aromatic rings. The lowest BCUT2D eigenvalue weighted by atomic mass is 10.1. The minimum atomic E-state index is -4.62. The van der Waals surface area contributed by atoms with Gasteiger partial charge in [-0.2, -0.15) is 18.3 Å². The second-order valence-corrected chi connectivity index (χ2v) is 9.07. The zero-order valence-corrected chi connectivity index (χ0v) is 21.3. The van der Waals surface area contributed by atoms with E-state index in [0.717, 1.165) is 24.3 Å². The van der Waals surface area contributed by atoms with Crippen LogP contribution < -0.4 is 26.6 Å². The molecule has 1 unspecified atom stereocenters. The van der Waals surface area contributed by atoms with Gasteiger partial charge in [0.1, 0.15) is 29.0 Å². The number of carbonyl (C=O) groups excluding carboxylic acids is 2. The number of ether oxygens (including phenoxy) is 1. The first-order valence-electron chi connectivity index (χ1n) is 12.4. The molecule has 11 nitrogen and oxygen atoms in total. The number of benzene rings is 2. The monoisotopic (exact) mass is 572 g/mol. The number of nitrogen functional groups attached to an aromatic ring is 1. The van der Waals surface area contributed by atoms with E-state index >= 15 is 4.39 Å². The number of nitrogens with zero attached hydrogens (tertiary/aromatic N) is 4. The van der Waals surface area contributed by atoms with Crippen molar-refractivity contribution in [2.75, 3.05) is 47.5 Å². The first-order chi connectivity index (χ1) is 19.6. The molecule has 1 fully saturated rings. The highest BCUT2D eigenvalue weighted by atomic mass is 19.4. The molecule has 5 rings (SSSR count). The molecular formula is C26H24F4N8O3. The van der Waals surface area contributed by atoms with E-state index < -0.39 is 35.6 Å². The zero-order valence-electron chi connectivity index (χ0n) is 21.3. The molecule has 1 aliphatic heterocycles. The number of morpholine rings is 1. The Labute approximate surface area is 230 Å². The smallest absolute Gasteiger partial charge is 0.382 e. The van der Waals surface area contributed by atoms with Gasteiger partial charge in [0.25, 0.3) is 5.91 Å². The Balaban J connectivity index is 1.48. The van der Waals surface area contributed by atoms with E-state index in [0.29, 0.717) is 25.2 Å². The second-order valence-electron chi connectivity index (χ2n) is 9.07. The minimum Gasteiger partial charge on any atom is -0.382 e. The lowest BCUT2D eigenvalue weighted by molar-refractivity contribution is -0.137. The number of nitrogens with two attached hydrogens (primary N) is 1. The van der Waals surface area contributed by atoms with Gasteiger partial charge in [0.05, 0.1) is 30.5 Å². The van der Waals surface area contributed by atoms with Crippen molar-refractivity contribution in [1.82, 2.24) is 19.9 Å². The van der Waals surface area contributed by atoms with Gasteiger partial charge in [-0.1, -0.05) is 12.1 Å². The fourth-order valence-electron chi connectivity index (χ4n) is 4.39. The van der Waals surface area contributed by atoms with Gasteiger partial charge < -0.3 is 31.3 Å². The summed E-state index contributed by atoms with van der Waals surface area (Å²) in [4.78, 5) is 31.9. The summed E-state index contributed by atoms with van der Waals surface area (Å²) in [6.07, 6.45) is -3.92. The van der Waals surface area contributed by atoms with Crippen LogP contribution in [0.4, 0.5) is 45.2 Å². The van der Waals surface area contributed by atoms with E-state index in [1.165, 1.54) is 40.0 Å². The van der Waals surface area contributed by atoms with E-state index in [4.69, 9.17) is 10.5 Å². The molecule has 3 amide bonds. The molecule has 0 spiro atoms. The molecular weight excluding hydrogens is 548 g/mol. The summed E-state index contributed by atoms with van der Waals surface area (Å²) >= 11 is 0. The summed E-state index contributed by atoms with van der Waals surface area (Å²) in [5, 5.41) is 11.9. The standard InChI is InChI=1S/C26H24F4N8O3/c27-18-5-2-6-19(22(18)36-25(40)35-16-4-1-3-15(11-16)26(28,29)30)37(13-17-12-32-9-10-41-17)24(39)21-8-7-20-23(31)33-14-34-38(20)21/h1-8,11,14,17,32H,9-10,12-13H2,(H2,31,33,34)(H2,35,36,40). The highest BCUT2D eigenvalue weighted by molar-refractivity contribution is 6.10. The molecule has 1 aliphatic rings. The number of amides is 3. The van der Waals surface area contributed by atoms with Crippen molar-refractivity contribution in [2.24, 2.45) is 0 Å². The van der Waals surface area contributed by atoms with Crippen LogP contribution in [0.15, 0.2) is 60.9 Å². The predicted molar refractivity (Wildman–Crippen MR) is 142 cm³/mol. The molecule has 3 heterocycles. The van der Waals surface area contributed by atoms with Crippen LogP contribution >= 0.6 is 0 Å². The van der Waals surface area contributed by atoms with Gasteiger partial charge in [-0.05, 0) is 42.5 Å². The number of hydrogen-bond acceptors (Lipinski definition) is 7. The van der Waals surface area contributed by atoms with Crippen LogP contribution in [0.3, 0.4) is 0 Å². The lowest BCUT2D eigenvalue weighted by Crippen LogP contribution is -2.47. The summed E-state index contributed by atoms with van der Waals surface area (Å²) in [7, 11) is 0. The van der Waals surface area contributed by atoms with Crippen molar-refractivity contribution in [1.29, 1.82) is 0 Å². The Morgan fingerprint density at radius 2 is 1.95 bits per heavy atom. The van der Waals surface area contributed by atoms with Gasteiger partial charge in [-0.3, -0.25) is 4.79 Å². The molecule has 0 aliphatic carbocycles. The van der Waals surface area contributed by atoms with E-state index in [9.17, 15) is 22.8 Å². The Bertz CT molecular complexity index is 1590. The van der Waals surface area contributed by atoms with Crippen molar-refractivity contribution < 1.29 is 31.9 Å². The van der Waals surface area contributed by atoms with Gasteiger partial charge in [0.15, 0.2) is 5.82 Å². The maximum absolute atomic E-state index is 15.2. The topological polar surface area (TPSA) is 139 Å². The van der Waals surface area contributed by atoms with Crippen LogP contribution in [0.5, 0.6) is 0 Å². The fraction of sp³-hybridized carbons (Fsp3) is 0.231. The fourth-order valence-corrected chi connectivity index (χ4v) is 4.39. The minimum absolute atomic E-state index is 0.0136. The first-order valence-corrected chi connectivity index (χ1v) is 12.4. The second kappa shape index (κ2) is 11.4. The molecule has 1 atom stereocenters. The third-order valence-electron chi connectivity index (χ3n) is 6.31. The number of hydrogen-bond donors (Lipinski definition) is 4. The van der Waals surface area contributed by atoms with Crippen LogP contribution in [0.25, 0.3) is 5.52 Å². The number of nitrogens with one attached hydrogen (secondary N) is 3. The van der Waals surface area contributed by atoms with Crippen molar-refractivity contribution in [3.05, 3.63) is 78.0 Å². The highest BCUT2D eigenvalue weighted by Gasteiger charge is 2.31. The molecule has 2 aromatic carbocycles. The largest absolute Gasteiger partial charge is 0.416 e. The van der Waals surface area contributed by atoms with Crippen molar-refractivity contribution in [2.45, 2.75) is 12.3 Å². The predicted octanol–water partition coefficient (Wildman–Crippen LogP) is 3.75. The summed E-state index contributed by atoms with van der Waals surface area (Å²) in [6.45, 7) is 1.37. The Hall–Kier alpha value is -4.76. The summed E-state index contributed by atoms with van der Waals surface area (Å²) < 4.78 is 61.6. The molecule has 0 bridgehead atoms. The molecule has 0 radical (unpaired) electrons. The van der Waals surface area contributed by atoms with Gasteiger partial charge >= 0.3 is 12.2 Å². The number of anilines is 4. The van der Waals surface area contributed by atoms with E-state index in [1.807, 2.05) is 0 Å². The maximum atomic E-state index is 15.2. The zero-order chi connectivity index (χ0) is 29.1. The number of fused-ring (bicyclic) bond motifs is 1. The number of urea groups is 1. The quantitative estimate of drug-likeness (QED) is 0.258. The van der Waals surface area contributed by atoms with E-state index in [-0.39, 0.29) is 35.1 Å². The molecule has 214 valence electrons. The number of rotatable bonds is 6. The number of alkyl halides is 3. The number of carbonyl (C=O) groups is 2. The molecule has 41 heavy (non-hydrogen) atoms. The van der Waals surface area contributed by atoms with Crippen molar-refractivity contribution in [3.8, 4) is 0 Å². The van der Waals surface area contributed by atoms with Crippen molar-refractivity contribution in [3.63, 3.8) is 0 Å². The summed E-state index contributed by atoms with van der Waals surface area (Å²) in [5.41, 5.74) is 4.86. The van der Waals surface area contributed by atoms with Crippen LogP contribution in [-0.2, 0) is 10.9 Å². The molecule has 2 aromatic heterocycles. The number of aromatic nitrogens is 3. The SMILES string of the molecule is Nc1ncnn2c(C(=O)N(CC3CNCCO3)c3cccc(F)c3NC(=O)Nc3cccc(C(F)(F)F)c3)ccc12. The molecule has 1 saturated heterocycles. The van der Waals surface area contributed by atoms with Gasteiger partial charge in [-0.25, -0.2) is 18.7 Å². The maximum Gasteiger partial charge on any atom is 0.416 e. The van der Waals surface area contributed by atoms with Gasteiger partial charge in [0.2, 0.25) is 0 Å². The molecule has 0 saturated carbocycles. The van der Waals surface area contributed by atoms with Crippen LogP contribution in [-0.4, -0.2) is 58.9 Å². The summed E-state index contributed by atoms with van der Waals surface area (Å²) in [5.74, 6) is -1.34. The van der Waals surface area contributed by atoms with Crippen LogP contribution in [0, 0.1) is 5.82 Å². The lowest BCUT2D eigenvalue weighted by Gasteiger charge is -2.31. The van der Waals surface area contributed by atoms with Crippen LogP contribution in [0.1, 0.15) is 16.1 Å². The van der Waals surface area contributed by atoms with Gasteiger partial charge in [-0.15, -0.1) is 0 Å². The Morgan fingerprint density at radius 3 is 2.71 bits per heavy atom. The Kier molecular flexibility index (Phi) is 7.72. The number of halogens is 4. The van der Waals surface area contributed by atoms with Crippen molar-refractivity contribution >= 4 is 40.3 Å². The molecule has 15 heteroatoms. The molecule has 5 N–H and O–H groups in total. The Morgan fingerprint density at radius 1 is 1.15 bits per heavy atom. The third-order valence-corrected chi connectivity index (χ3v) is 6.31. The normalized spacial score (nSPS) is 15.5. The average Bonchev–Trinajstić information content (AvgIpc) is 3.38. The van der Waals surface area contributed by atoms with E-state index in [1.54, 1.807) is 6.07 Å². The third kappa shape index (κ3) is 6.05. The highest BCUT2D eigenvalue weighted by Crippen LogP contribution is 2.33. The summed E-state index contributed by atoms with van der Waals surface area (Å²) in [6, 6.07) is 9.87. The number of para-hydroxylation sites is 1. The first kappa shape index (κ1) is 27.8. The van der Waals surface area contributed by atoms with Gasteiger partial charge in [0, 0.05) is 18.8 Å². The van der Waals surface area contributed by atoms with E-state index in [2.05, 4.69) is 26.0 Å². The van der Waals surface area contributed by atoms with Crippen LogP contribution in [0.2, 0.25) is 0 Å². The average molecular weight is 573 g/mol.